The number of ketones is 1. The molecule has 0 fully saturated rings. The fraction of sp³-hybridized carbons (Fsp3) is 0.0690. The Morgan fingerprint density at radius 3 is 1.94 bits per heavy atom. The van der Waals surface area contributed by atoms with Crippen molar-refractivity contribution in [1.82, 2.24) is 0 Å². The predicted octanol–water partition coefficient (Wildman–Crippen LogP) is 7.75. The van der Waals surface area contributed by atoms with Crippen LogP contribution in [0, 0.1) is 0 Å². The Kier molecular flexibility index (Phi) is 8.09. The Morgan fingerprint density at radius 1 is 0.771 bits per heavy atom. The molecule has 0 aromatic heterocycles. The fourth-order valence-corrected chi connectivity index (χ4v) is 3.93. The van der Waals surface area contributed by atoms with Gasteiger partial charge < -0.3 is 14.6 Å². The van der Waals surface area contributed by atoms with Gasteiger partial charge in [-0.1, -0.05) is 89.9 Å². The molecule has 0 unspecified atom stereocenters. The molecule has 0 aliphatic heterocycles. The van der Waals surface area contributed by atoms with Gasteiger partial charge >= 0.3 is 0 Å². The van der Waals surface area contributed by atoms with E-state index in [1.807, 2.05) is 60.7 Å². The lowest BCUT2D eigenvalue weighted by Gasteiger charge is -2.15. The van der Waals surface area contributed by atoms with E-state index in [1.54, 1.807) is 24.3 Å². The van der Waals surface area contributed by atoms with E-state index >= 15 is 0 Å². The molecule has 0 heterocycles. The number of rotatable bonds is 9. The number of carbonyl (C=O) groups excluding carboxylic acids is 1. The SMILES string of the molecule is O=C(C=Cc1c(Cl)cccc1Cl)c1c(O)cc(OCc2ccccc2)cc1OCc1ccccc1. The van der Waals surface area contributed by atoms with E-state index in [2.05, 4.69) is 0 Å². The summed E-state index contributed by atoms with van der Waals surface area (Å²) >= 11 is 12.4. The summed E-state index contributed by atoms with van der Waals surface area (Å²) in [5.74, 6) is -0.129. The third-order valence-corrected chi connectivity index (χ3v) is 5.85. The zero-order valence-corrected chi connectivity index (χ0v) is 20.2. The van der Waals surface area contributed by atoms with Crippen LogP contribution in [-0.4, -0.2) is 10.9 Å². The summed E-state index contributed by atoms with van der Waals surface area (Å²) < 4.78 is 11.8. The molecule has 0 spiro atoms. The van der Waals surface area contributed by atoms with Gasteiger partial charge in [-0.25, -0.2) is 0 Å². The summed E-state index contributed by atoms with van der Waals surface area (Å²) in [7, 11) is 0. The quantitative estimate of drug-likeness (QED) is 0.187. The second-order valence-corrected chi connectivity index (χ2v) is 8.51. The van der Waals surface area contributed by atoms with Crippen LogP contribution in [0.25, 0.3) is 6.08 Å². The molecule has 0 aliphatic rings. The number of hydrogen-bond donors (Lipinski definition) is 1. The molecule has 0 aliphatic carbocycles. The highest BCUT2D eigenvalue weighted by atomic mass is 35.5. The van der Waals surface area contributed by atoms with Crippen molar-refractivity contribution in [2.45, 2.75) is 13.2 Å². The van der Waals surface area contributed by atoms with Gasteiger partial charge in [0, 0.05) is 27.7 Å². The van der Waals surface area contributed by atoms with Crippen molar-refractivity contribution in [3.8, 4) is 17.2 Å². The number of benzene rings is 4. The van der Waals surface area contributed by atoms with Crippen LogP contribution in [0.4, 0.5) is 0 Å². The minimum absolute atomic E-state index is 0.0208. The minimum atomic E-state index is -0.462. The largest absolute Gasteiger partial charge is 0.507 e. The van der Waals surface area contributed by atoms with Gasteiger partial charge in [-0.3, -0.25) is 4.79 Å². The Hall–Kier alpha value is -3.73. The van der Waals surface area contributed by atoms with Crippen molar-refractivity contribution in [3.63, 3.8) is 0 Å². The van der Waals surface area contributed by atoms with Crippen LogP contribution in [0.1, 0.15) is 27.0 Å². The first kappa shape index (κ1) is 24.4. The van der Waals surface area contributed by atoms with Crippen molar-refractivity contribution in [2.75, 3.05) is 0 Å². The molecule has 0 radical (unpaired) electrons. The number of hydrogen-bond acceptors (Lipinski definition) is 4. The lowest BCUT2D eigenvalue weighted by molar-refractivity contribution is 0.104. The highest BCUT2D eigenvalue weighted by molar-refractivity contribution is 6.37. The van der Waals surface area contributed by atoms with Gasteiger partial charge in [0.25, 0.3) is 0 Å². The number of halogens is 2. The van der Waals surface area contributed by atoms with Crippen molar-refractivity contribution >= 4 is 35.1 Å². The summed E-state index contributed by atoms with van der Waals surface area (Å²) in [5, 5.41) is 11.6. The fourth-order valence-electron chi connectivity index (χ4n) is 3.41. The van der Waals surface area contributed by atoms with Crippen LogP contribution in [0.5, 0.6) is 17.2 Å². The molecule has 1 N–H and O–H groups in total. The molecule has 0 saturated heterocycles. The third-order valence-electron chi connectivity index (χ3n) is 5.19. The molecule has 4 aromatic carbocycles. The lowest BCUT2D eigenvalue weighted by Crippen LogP contribution is -2.04. The van der Waals surface area contributed by atoms with Gasteiger partial charge in [-0.15, -0.1) is 0 Å². The lowest BCUT2D eigenvalue weighted by atomic mass is 10.1. The van der Waals surface area contributed by atoms with E-state index in [0.29, 0.717) is 28.0 Å². The van der Waals surface area contributed by atoms with Gasteiger partial charge in [0.15, 0.2) is 5.78 Å². The zero-order chi connectivity index (χ0) is 24.6. The van der Waals surface area contributed by atoms with Crippen LogP contribution in [-0.2, 0) is 13.2 Å². The molecule has 176 valence electrons. The number of phenols is 1. The zero-order valence-electron chi connectivity index (χ0n) is 18.7. The number of carbonyl (C=O) groups is 1. The molecular weight excluding hydrogens is 483 g/mol. The second kappa shape index (κ2) is 11.6. The van der Waals surface area contributed by atoms with Crippen molar-refractivity contribution in [3.05, 3.63) is 129 Å². The number of phenolic OH excluding ortho intramolecular Hbond substituents is 1. The normalized spacial score (nSPS) is 10.9. The number of ether oxygens (including phenoxy) is 2. The summed E-state index contributed by atoms with van der Waals surface area (Å²) in [6.07, 6.45) is 2.83. The van der Waals surface area contributed by atoms with Gasteiger partial charge in [-0.05, 0) is 35.4 Å². The molecule has 4 rings (SSSR count). The molecule has 0 bridgehead atoms. The summed E-state index contributed by atoms with van der Waals surface area (Å²) in [6.45, 7) is 0.513. The maximum absolute atomic E-state index is 13.1. The van der Waals surface area contributed by atoms with E-state index in [1.165, 1.54) is 18.2 Å². The Balaban J connectivity index is 1.63. The van der Waals surface area contributed by atoms with Crippen LogP contribution < -0.4 is 9.47 Å². The molecule has 4 nitrogen and oxygen atoms in total. The standard InChI is InChI=1S/C29H22Cl2O4/c30-24-12-7-13-25(31)23(24)14-15-26(32)29-27(33)16-22(34-18-20-8-3-1-4-9-20)17-28(29)35-19-21-10-5-2-6-11-21/h1-17,33H,18-19H2. The topological polar surface area (TPSA) is 55.8 Å². The molecule has 0 saturated carbocycles. The van der Waals surface area contributed by atoms with E-state index in [9.17, 15) is 9.90 Å². The molecule has 0 amide bonds. The van der Waals surface area contributed by atoms with E-state index < -0.39 is 5.78 Å². The molecule has 4 aromatic rings. The number of allylic oxidation sites excluding steroid dienone is 1. The average Bonchev–Trinajstić information content (AvgIpc) is 2.87. The van der Waals surface area contributed by atoms with Crippen molar-refractivity contribution < 1.29 is 19.4 Å². The van der Waals surface area contributed by atoms with Crippen molar-refractivity contribution in [1.29, 1.82) is 0 Å². The smallest absolute Gasteiger partial charge is 0.193 e. The Bertz CT molecular complexity index is 1320. The monoisotopic (exact) mass is 504 g/mol. The highest BCUT2D eigenvalue weighted by Gasteiger charge is 2.19. The van der Waals surface area contributed by atoms with Crippen LogP contribution >= 0.6 is 23.2 Å². The summed E-state index contributed by atoms with van der Waals surface area (Å²) in [5.41, 5.74) is 2.42. The Labute approximate surface area is 214 Å². The minimum Gasteiger partial charge on any atom is -0.507 e. The first-order chi connectivity index (χ1) is 17.0. The average molecular weight is 505 g/mol. The first-order valence-corrected chi connectivity index (χ1v) is 11.6. The third kappa shape index (κ3) is 6.44. The van der Waals surface area contributed by atoms with Crippen LogP contribution in [0.15, 0.2) is 97.1 Å². The van der Waals surface area contributed by atoms with E-state index in [-0.39, 0.29) is 23.7 Å². The van der Waals surface area contributed by atoms with Gasteiger partial charge in [0.05, 0.1) is 0 Å². The van der Waals surface area contributed by atoms with Gasteiger partial charge in [0.1, 0.15) is 36.0 Å². The van der Waals surface area contributed by atoms with Crippen molar-refractivity contribution in [2.24, 2.45) is 0 Å². The summed E-state index contributed by atoms with van der Waals surface area (Å²) in [6, 6.07) is 27.3. The summed E-state index contributed by atoms with van der Waals surface area (Å²) in [4.78, 5) is 13.1. The van der Waals surface area contributed by atoms with Gasteiger partial charge in [-0.2, -0.15) is 0 Å². The molecule has 0 atom stereocenters. The number of aromatic hydroxyl groups is 1. The van der Waals surface area contributed by atoms with Crippen LogP contribution in [0.3, 0.4) is 0 Å². The first-order valence-electron chi connectivity index (χ1n) is 10.9. The Morgan fingerprint density at radius 2 is 1.34 bits per heavy atom. The molecular formula is C29H22Cl2O4. The highest BCUT2D eigenvalue weighted by Crippen LogP contribution is 2.35. The maximum atomic E-state index is 13.1. The molecule has 6 heteroatoms. The molecule has 35 heavy (non-hydrogen) atoms. The van der Waals surface area contributed by atoms with E-state index in [0.717, 1.165) is 11.1 Å². The van der Waals surface area contributed by atoms with E-state index in [4.69, 9.17) is 32.7 Å². The predicted molar refractivity (Wildman–Crippen MR) is 139 cm³/mol. The van der Waals surface area contributed by atoms with Gasteiger partial charge in [0.2, 0.25) is 0 Å². The maximum Gasteiger partial charge on any atom is 0.193 e. The van der Waals surface area contributed by atoms with Crippen LogP contribution in [0.2, 0.25) is 10.0 Å². The second-order valence-electron chi connectivity index (χ2n) is 7.70.